The number of methoxy groups -OCH3 is 1. The number of nitriles is 1. The Bertz CT molecular complexity index is 1070. The molecular weight excluding hydrogens is 392 g/mol. The van der Waals surface area contributed by atoms with Gasteiger partial charge in [-0.1, -0.05) is 6.07 Å². The Morgan fingerprint density at radius 3 is 2.35 bits per heavy atom. The molecule has 0 saturated carbocycles. The Morgan fingerprint density at radius 2 is 1.74 bits per heavy atom. The maximum absolute atomic E-state index is 12.8. The first-order valence-electron chi connectivity index (χ1n) is 10.2. The molecule has 6 nitrogen and oxygen atoms in total. The van der Waals surface area contributed by atoms with Gasteiger partial charge < -0.3 is 14.0 Å². The highest BCUT2D eigenvalue weighted by Crippen LogP contribution is 2.21. The average Bonchev–Trinajstić information content (AvgIpc) is 2.99. The predicted octanol–water partition coefficient (Wildman–Crippen LogP) is 4.40. The van der Waals surface area contributed by atoms with Crippen LogP contribution in [-0.2, 0) is 20.8 Å². The number of aryl methyl sites for hydroxylation is 4. The van der Waals surface area contributed by atoms with Crippen molar-refractivity contribution in [1.29, 1.82) is 5.26 Å². The number of hydrogen-bond acceptors (Lipinski definition) is 5. The van der Waals surface area contributed by atoms with Crippen LogP contribution >= 0.6 is 0 Å². The molecule has 1 atom stereocenters. The van der Waals surface area contributed by atoms with E-state index in [1.54, 1.807) is 7.11 Å². The second-order valence-electron chi connectivity index (χ2n) is 7.80. The van der Waals surface area contributed by atoms with Crippen LogP contribution in [-0.4, -0.2) is 36.1 Å². The number of rotatable bonds is 8. The summed E-state index contributed by atoms with van der Waals surface area (Å²) in [6, 6.07) is 7.56. The van der Waals surface area contributed by atoms with Crippen molar-refractivity contribution in [3.8, 4) is 6.07 Å². The van der Waals surface area contributed by atoms with Gasteiger partial charge in [-0.15, -0.1) is 0 Å². The summed E-state index contributed by atoms with van der Waals surface area (Å²) in [7, 11) is 1.64. The molecule has 1 aromatic heterocycles. The quantitative estimate of drug-likeness (QED) is 0.273. The molecule has 0 amide bonds. The van der Waals surface area contributed by atoms with Gasteiger partial charge in [-0.05, 0) is 82.0 Å². The molecule has 31 heavy (non-hydrogen) atoms. The number of aromatic nitrogens is 1. The number of ether oxygens (including phenoxy) is 2. The lowest BCUT2D eigenvalue weighted by Gasteiger charge is -2.15. The lowest BCUT2D eigenvalue weighted by atomic mass is 9.96. The Morgan fingerprint density at radius 1 is 1.10 bits per heavy atom. The molecule has 0 radical (unpaired) electrons. The zero-order chi connectivity index (χ0) is 23.3. The Kier molecular flexibility index (Phi) is 7.95. The van der Waals surface area contributed by atoms with Crippen LogP contribution in [0.3, 0.4) is 0 Å². The fraction of sp³-hybridized carbons (Fsp3) is 0.400. The lowest BCUT2D eigenvalue weighted by Crippen LogP contribution is -2.25. The highest BCUT2D eigenvalue weighted by Gasteiger charge is 2.24. The summed E-state index contributed by atoms with van der Waals surface area (Å²) in [5, 5.41) is 9.51. The molecular formula is C25H30N2O4. The van der Waals surface area contributed by atoms with Crippen LogP contribution in [0.1, 0.15) is 50.9 Å². The van der Waals surface area contributed by atoms with E-state index >= 15 is 0 Å². The van der Waals surface area contributed by atoms with Crippen LogP contribution in [0.2, 0.25) is 0 Å². The summed E-state index contributed by atoms with van der Waals surface area (Å²) in [6.07, 6.45) is 0.506. The minimum atomic E-state index is -1.00. The minimum absolute atomic E-state index is 0.150. The highest BCUT2D eigenvalue weighted by atomic mass is 16.5. The van der Waals surface area contributed by atoms with Crippen LogP contribution in [0.15, 0.2) is 23.8 Å². The highest BCUT2D eigenvalue weighted by molar-refractivity contribution is 6.04. The SMILES string of the molecule is COCCn1c(C)cc(/C=C(\C#N)C(=O)OC(C)C(=O)c2cc(C)c(C)cc2C)c1C. The van der Waals surface area contributed by atoms with Gasteiger partial charge in [-0.3, -0.25) is 4.79 Å². The van der Waals surface area contributed by atoms with Crippen LogP contribution in [0.5, 0.6) is 0 Å². The number of carbonyl (C=O) groups excluding carboxylic acids is 2. The van der Waals surface area contributed by atoms with E-state index in [4.69, 9.17) is 9.47 Å². The van der Waals surface area contributed by atoms with Crippen LogP contribution in [0, 0.1) is 45.9 Å². The van der Waals surface area contributed by atoms with E-state index in [0.717, 1.165) is 33.6 Å². The van der Waals surface area contributed by atoms with Crippen molar-refractivity contribution < 1.29 is 19.1 Å². The number of esters is 1. The monoisotopic (exact) mass is 422 g/mol. The van der Waals surface area contributed by atoms with Gasteiger partial charge in [-0.2, -0.15) is 5.26 Å². The van der Waals surface area contributed by atoms with E-state index in [9.17, 15) is 14.9 Å². The third-order valence-electron chi connectivity index (χ3n) is 5.53. The molecule has 2 rings (SSSR count). The van der Waals surface area contributed by atoms with Crippen molar-refractivity contribution in [2.45, 2.75) is 54.2 Å². The van der Waals surface area contributed by atoms with Crippen LogP contribution in [0.25, 0.3) is 6.08 Å². The van der Waals surface area contributed by atoms with Gasteiger partial charge >= 0.3 is 5.97 Å². The molecule has 0 spiro atoms. The Labute approximate surface area is 184 Å². The zero-order valence-electron chi connectivity index (χ0n) is 19.3. The van der Waals surface area contributed by atoms with E-state index in [2.05, 4.69) is 4.57 Å². The molecule has 1 heterocycles. The van der Waals surface area contributed by atoms with Crippen molar-refractivity contribution in [3.63, 3.8) is 0 Å². The van der Waals surface area contributed by atoms with Gasteiger partial charge in [-0.25, -0.2) is 4.79 Å². The van der Waals surface area contributed by atoms with Crippen molar-refractivity contribution in [1.82, 2.24) is 4.57 Å². The summed E-state index contributed by atoms with van der Waals surface area (Å²) in [4.78, 5) is 25.5. The van der Waals surface area contributed by atoms with Crippen molar-refractivity contribution in [2.75, 3.05) is 13.7 Å². The number of nitrogens with zero attached hydrogens (tertiary/aromatic N) is 2. The predicted molar refractivity (Wildman–Crippen MR) is 120 cm³/mol. The molecule has 1 unspecified atom stereocenters. The summed E-state index contributed by atoms with van der Waals surface area (Å²) in [5.41, 5.74) is 5.97. The van der Waals surface area contributed by atoms with Gasteiger partial charge in [0, 0.05) is 30.6 Å². The molecule has 0 aliphatic rings. The van der Waals surface area contributed by atoms with Gasteiger partial charge in [0.1, 0.15) is 11.6 Å². The zero-order valence-corrected chi connectivity index (χ0v) is 19.3. The van der Waals surface area contributed by atoms with Crippen LogP contribution in [0.4, 0.5) is 0 Å². The lowest BCUT2D eigenvalue weighted by molar-refractivity contribution is -0.141. The summed E-state index contributed by atoms with van der Waals surface area (Å²) >= 11 is 0. The van der Waals surface area contributed by atoms with Gasteiger partial charge in [0.05, 0.1) is 6.61 Å². The first-order chi connectivity index (χ1) is 14.6. The number of hydrogen-bond donors (Lipinski definition) is 0. The number of ketones is 1. The summed E-state index contributed by atoms with van der Waals surface area (Å²) in [6.45, 7) is 12.4. The van der Waals surface area contributed by atoms with Crippen LogP contribution < -0.4 is 0 Å². The fourth-order valence-electron chi connectivity index (χ4n) is 3.52. The maximum atomic E-state index is 12.8. The normalized spacial score (nSPS) is 12.4. The maximum Gasteiger partial charge on any atom is 0.349 e. The van der Waals surface area contributed by atoms with E-state index in [0.29, 0.717) is 18.7 Å². The van der Waals surface area contributed by atoms with Gasteiger partial charge in [0.25, 0.3) is 0 Å². The summed E-state index contributed by atoms with van der Waals surface area (Å²) in [5.74, 6) is -1.10. The summed E-state index contributed by atoms with van der Waals surface area (Å²) < 4.78 is 12.5. The third-order valence-corrected chi connectivity index (χ3v) is 5.53. The number of Topliss-reactive ketones (excluding diaryl/α,β-unsaturated/α-hetero) is 1. The molecule has 1 aromatic carbocycles. The Balaban J connectivity index is 2.23. The largest absolute Gasteiger partial charge is 0.450 e. The molecule has 0 aliphatic carbocycles. The molecule has 164 valence electrons. The molecule has 0 fully saturated rings. The van der Waals surface area contributed by atoms with E-state index in [1.165, 1.54) is 13.0 Å². The topological polar surface area (TPSA) is 81.3 Å². The van der Waals surface area contributed by atoms with E-state index in [-0.39, 0.29) is 11.4 Å². The van der Waals surface area contributed by atoms with Gasteiger partial charge in [0.15, 0.2) is 6.10 Å². The molecule has 0 bridgehead atoms. The van der Waals surface area contributed by atoms with Crippen molar-refractivity contribution >= 4 is 17.8 Å². The first kappa shape index (κ1) is 24.1. The average molecular weight is 423 g/mol. The van der Waals surface area contributed by atoms with Gasteiger partial charge in [0.2, 0.25) is 5.78 Å². The smallest absolute Gasteiger partial charge is 0.349 e. The number of benzene rings is 1. The van der Waals surface area contributed by atoms with Crippen molar-refractivity contribution in [2.24, 2.45) is 0 Å². The minimum Gasteiger partial charge on any atom is -0.450 e. The molecule has 0 saturated heterocycles. The second-order valence-corrected chi connectivity index (χ2v) is 7.80. The fourth-order valence-corrected chi connectivity index (χ4v) is 3.52. The third kappa shape index (κ3) is 5.50. The molecule has 0 aliphatic heterocycles. The van der Waals surface area contributed by atoms with Crippen molar-refractivity contribution in [3.05, 3.63) is 63.0 Å². The standard InChI is InChI=1S/C25H30N2O4/c1-15-10-17(3)23(11-16(15)2)24(28)20(6)31-25(29)22(14-26)13-21-12-18(4)27(19(21)5)8-9-30-7/h10-13,20H,8-9H2,1-7H3/b22-13+. The molecule has 0 N–H and O–H groups in total. The van der Waals surface area contributed by atoms with E-state index < -0.39 is 12.1 Å². The number of carbonyl (C=O) groups is 2. The second kappa shape index (κ2) is 10.2. The first-order valence-corrected chi connectivity index (χ1v) is 10.2. The molecule has 6 heteroatoms. The Hall–Kier alpha value is -3.17. The van der Waals surface area contributed by atoms with E-state index in [1.807, 2.05) is 58.9 Å². The molecule has 2 aromatic rings.